The minimum absolute atomic E-state index is 0.257. The normalized spacial score (nSPS) is 10.5. The highest BCUT2D eigenvalue weighted by Crippen LogP contribution is 2.40. The van der Waals surface area contributed by atoms with E-state index < -0.39 is 0 Å². The fraction of sp³-hybridized carbons (Fsp3) is 0.273. The molecular formula is C22H25N3O4S. The third-order valence-corrected chi connectivity index (χ3v) is 5.62. The Hall–Kier alpha value is -3.26. The zero-order chi connectivity index (χ0) is 21.8. The van der Waals surface area contributed by atoms with Gasteiger partial charge in [0.25, 0.3) is 5.91 Å². The quantitative estimate of drug-likeness (QED) is 0.547. The van der Waals surface area contributed by atoms with Crippen LogP contribution in [0.2, 0.25) is 0 Å². The van der Waals surface area contributed by atoms with Gasteiger partial charge in [-0.2, -0.15) is 0 Å². The Balaban J connectivity index is 1.83. The van der Waals surface area contributed by atoms with Crippen molar-refractivity contribution in [3.63, 3.8) is 0 Å². The van der Waals surface area contributed by atoms with Crippen molar-refractivity contribution in [3.05, 3.63) is 52.0 Å². The van der Waals surface area contributed by atoms with Crippen molar-refractivity contribution in [2.45, 2.75) is 20.8 Å². The van der Waals surface area contributed by atoms with Crippen LogP contribution in [0.25, 0.3) is 0 Å². The van der Waals surface area contributed by atoms with Crippen molar-refractivity contribution in [2.24, 2.45) is 0 Å². The highest BCUT2D eigenvalue weighted by Gasteiger charge is 2.19. The van der Waals surface area contributed by atoms with E-state index in [-0.39, 0.29) is 5.91 Å². The number of aryl methyl sites for hydroxylation is 3. The van der Waals surface area contributed by atoms with E-state index in [2.05, 4.69) is 28.6 Å². The van der Waals surface area contributed by atoms with Gasteiger partial charge in [-0.25, -0.2) is 4.98 Å². The number of rotatable bonds is 7. The van der Waals surface area contributed by atoms with Gasteiger partial charge in [-0.1, -0.05) is 29.0 Å². The van der Waals surface area contributed by atoms with Crippen LogP contribution in [0.4, 0.5) is 16.5 Å². The van der Waals surface area contributed by atoms with Gasteiger partial charge in [-0.05, 0) is 32.4 Å². The first kappa shape index (κ1) is 21.4. The molecule has 0 atom stereocenters. The van der Waals surface area contributed by atoms with E-state index in [1.165, 1.54) is 38.2 Å². The van der Waals surface area contributed by atoms with E-state index >= 15 is 0 Å². The minimum Gasteiger partial charge on any atom is -0.493 e. The summed E-state index contributed by atoms with van der Waals surface area (Å²) in [6.07, 6.45) is 0. The second-order valence-electron chi connectivity index (χ2n) is 6.75. The van der Waals surface area contributed by atoms with Crippen molar-refractivity contribution < 1.29 is 19.0 Å². The molecule has 158 valence electrons. The van der Waals surface area contributed by atoms with E-state index in [0.717, 1.165) is 11.3 Å². The Morgan fingerprint density at radius 3 is 2.20 bits per heavy atom. The molecule has 3 rings (SSSR count). The highest BCUT2D eigenvalue weighted by molar-refractivity contribution is 7.17. The van der Waals surface area contributed by atoms with Crippen molar-refractivity contribution in [1.29, 1.82) is 0 Å². The molecule has 2 aromatic carbocycles. The van der Waals surface area contributed by atoms with E-state index in [0.29, 0.717) is 38.6 Å². The molecule has 0 aliphatic heterocycles. The maximum absolute atomic E-state index is 12.9. The van der Waals surface area contributed by atoms with E-state index in [1.54, 1.807) is 12.1 Å². The zero-order valence-electron chi connectivity index (χ0n) is 17.9. The number of carbonyl (C=O) groups is 1. The summed E-state index contributed by atoms with van der Waals surface area (Å²) in [6, 6.07) is 9.51. The zero-order valence-corrected chi connectivity index (χ0v) is 18.7. The smallest absolute Gasteiger partial charge is 0.267 e. The molecule has 0 radical (unpaired) electrons. The number of nitrogens with one attached hydrogen (secondary N) is 2. The van der Waals surface area contributed by atoms with E-state index in [9.17, 15) is 4.79 Å². The Morgan fingerprint density at radius 1 is 0.967 bits per heavy atom. The average Bonchev–Trinajstić information content (AvgIpc) is 3.09. The Kier molecular flexibility index (Phi) is 6.47. The summed E-state index contributed by atoms with van der Waals surface area (Å²) in [5.74, 6) is 1.13. The molecule has 30 heavy (non-hydrogen) atoms. The van der Waals surface area contributed by atoms with Crippen LogP contribution in [0.5, 0.6) is 17.2 Å². The first-order valence-electron chi connectivity index (χ1n) is 9.29. The lowest BCUT2D eigenvalue weighted by Crippen LogP contribution is -2.12. The lowest BCUT2D eigenvalue weighted by Gasteiger charge is -2.14. The van der Waals surface area contributed by atoms with Gasteiger partial charge in [0.15, 0.2) is 16.6 Å². The predicted molar refractivity (Wildman–Crippen MR) is 120 cm³/mol. The Labute approximate surface area is 180 Å². The third-order valence-electron chi connectivity index (χ3n) is 4.55. The number of benzene rings is 2. The van der Waals surface area contributed by atoms with Crippen molar-refractivity contribution in [2.75, 3.05) is 32.0 Å². The second kappa shape index (κ2) is 9.04. The second-order valence-corrected chi connectivity index (χ2v) is 7.74. The van der Waals surface area contributed by atoms with Crippen LogP contribution in [0.1, 0.15) is 26.5 Å². The van der Waals surface area contributed by atoms with E-state index in [1.807, 2.05) is 26.0 Å². The number of aromatic nitrogens is 1. The SMILES string of the molecule is COc1cc(NC(=O)c2sc(Nc3ccc(C)cc3C)nc2C)cc(OC)c1OC. The number of thiazole rings is 1. The summed E-state index contributed by atoms with van der Waals surface area (Å²) in [7, 11) is 4.59. The molecule has 0 aliphatic rings. The number of methoxy groups -OCH3 is 3. The Morgan fingerprint density at radius 2 is 1.63 bits per heavy atom. The summed E-state index contributed by atoms with van der Waals surface area (Å²) in [5, 5.41) is 6.85. The molecular weight excluding hydrogens is 402 g/mol. The van der Waals surface area contributed by atoms with Gasteiger partial charge in [-0.3, -0.25) is 4.79 Å². The van der Waals surface area contributed by atoms with Crippen LogP contribution < -0.4 is 24.8 Å². The lowest BCUT2D eigenvalue weighted by molar-refractivity contribution is 0.103. The van der Waals surface area contributed by atoms with Crippen LogP contribution in [-0.4, -0.2) is 32.2 Å². The van der Waals surface area contributed by atoms with Crippen LogP contribution in [-0.2, 0) is 0 Å². The topological polar surface area (TPSA) is 81.7 Å². The van der Waals surface area contributed by atoms with Crippen LogP contribution in [0.15, 0.2) is 30.3 Å². The van der Waals surface area contributed by atoms with Gasteiger partial charge in [0, 0.05) is 23.5 Å². The highest BCUT2D eigenvalue weighted by atomic mass is 32.1. The molecule has 0 saturated carbocycles. The van der Waals surface area contributed by atoms with E-state index in [4.69, 9.17) is 14.2 Å². The number of amides is 1. The number of ether oxygens (including phenoxy) is 3. The average molecular weight is 428 g/mol. The molecule has 3 aromatic rings. The minimum atomic E-state index is -0.257. The summed E-state index contributed by atoms with van der Waals surface area (Å²) in [5.41, 5.74) is 4.46. The monoisotopic (exact) mass is 427 g/mol. The third kappa shape index (κ3) is 4.49. The van der Waals surface area contributed by atoms with Crippen LogP contribution >= 0.6 is 11.3 Å². The van der Waals surface area contributed by atoms with Crippen LogP contribution in [0, 0.1) is 20.8 Å². The standard InChI is InChI=1S/C22H25N3O4S/c1-12-7-8-16(13(2)9-12)25-22-23-14(3)20(30-22)21(26)24-15-10-17(27-4)19(29-6)18(11-15)28-5/h7-11H,1-6H3,(H,23,25)(H,24,26). The molecule has 1 amide bonds. The lowest BCUT2D eigenvalue weighted by atomic mass is 10.1. The molecule has 0 spiro atoms. The summed E-state index contributed by atoms with van der Waals surface area (Å²) in [4.78, 5) is 17.9. The number of nitrogens with zero attached hydrogens (tertiary/aromatic N) is 1. The van der Waals surface area contributed by atoms with Gasteiger partial charge in [0.2, 0.25) is 5.75 Å². The molecule has 0 aliphatic carbocycles. The first-order valence-corrected chi connectivity index (χ1v) is 10.1. The molecule has 0 fully saturated rings. The molecule has 0 unspecified atom stereocenters. The van der Waals surface area contributed by atoms with Gasteiger partial charge in [0.05, 0.1) is 27.0 Å². The van der Waals surface area contributed by atoms with Gasteiger partial charge >= 0.3 is 0 Å². The maximum atomic E-state index is 12.9. The molecule has 2 N–H and O–H groups in total. The number of carbonyl (C=O) groups excluding carboxylic acids is 1. The van der Waals surface area contributed by atoms with Gasteiger partial charge in [-0.15, -0.1) is 0 Å². The Bertz CT molecular complexity index is 1050. The van der Waals surface area contributed by atoms with Crippen molar-refractivity contribution >= 4 is 33.8 Å². The molecule has 1 aromatic heterocycles. The predicted octanol–water partition coefficient (Wildman–Crippen LogP) is 5.09. The molecule has 7 nitrogen and oxygen atoms in total. The first-order chi connectivity index (χ1) is 14.4. The van der Waals surface area contributed by atoms with Gasteiger partial charge < -0.3 is 24.8 Å². The molecule has 0 saturated heterocycles. The van der Waals surface area contributed by atoms with Crippen molar-refractivity contribution in [1.82, 2.24) is 4.98 Å². The maximum Gasteiger partial charge on any atom is 0.267 e. The number of hydrogen-bond acceptors (Lipinski definition) is 7. The summed E-state index contributed by atoms with van der Waals surface area (Å²) >= 11 is 1.30. The summed E-state index contributed by atoms with van der Waals surface area (Å²) < 4.78 is 16.0. The fourth-order valence-corrected chi connectivity index (χ4v) is 3.94. The number of anilines is 3. The number of hydrogen-bond donors (Lipinski definition) is 2. The van der Waals surface area contributed by atoms with Crippen LogP contribution in [0.3, 0.4) is 0 Å². The fourth-order valence-electron chi connectivity index (χ4n) is 3.07. The van der Waals surface area contributed by atoms with Gasteiger partial charge in [0.1, 0.15) is 4.88 Å². The molecule has 8 heteroatoms. The largest absolute Gasteiger partial charge is 0.493 e. The molecule has 0 bridgehead atoms. The van der Waals surface area contributed by atoms with Crippen molar-refractivity contribution in [3.8, 4) is 17.2 Å². The summed E-state index contributed by atoms with van der Waals surface area (Å²) in [6.45, 7) is 5.90. The molecule has 1 heterocycles.